The number of fused-ring (bicyclic) bond motifs is 1. The number of anilines is 2. The summed E-state index contributed by atoms with van der Waals surface area (Å²) in [5, 5.41) is 11.4. The van der Waals surface area contributed by atoms with Crippen molar-refractivity contribution in [1.29, 1.82) is 0 Å². The molecule has 5 aromatic rings. The standard InChI is InChI=1S/C33H34N6O4/c1-37(2)26-17-15-25(16-18-26)34-33(41)32(24-14-19-29(42-3)30(20-24)43-4)38(21-23-10-6-5-7-11-23)31(40)22-39-28-13-9-8-12-27(28)35-36-39/h5-20,32H,21-22H2,1-4H3,(H,34,41)/t32-/m1/s1. The van der Waals surface area contributed by atoms with Gasteiger partial charge in [0.2, 0.25) is 5.91 Å². The first-order valence-electron chi connectivity index (χ1n) is 13.8. The van der Waals surface area contributed by atoms with Crippen molar-refractivity contribution in [1.82, 2.24) is 19.9 Å². The summed E-state index contributed by atoms with van der Waals surface area (Å²) in [6, 6.07) is 28.7. The fourth-order valence-corrected chi connectivity index (χ4v) is 4.91. The molecular formula is C33H34N6O4. The lowest BCUT2D eigenvalue weighted by atomic mass is 10.0. The molecular weight excluding hydrogens is 544 g/mol. The van der Waals surface area contributed by atoms with Crippen LogP contribution < -0.4 is 19.7 Å². The average Bonchev–Trinajstić information content (AvgIpc) is 3.43. The first-order chi connectivity index (χ1) is 20.9. The molecule has 10 heteroatoms. The monoisotopic (exact) mass is 578 g/mol. The van der Waals surface area contributed by atoms with E-state index >= 15 is 0 Å². The number of para-hydroxylation sites is 1. The Morgan fingerprint density at radius 3 is 2.26 bits per heavy atom. The number of amides is 2. The van der Waals surface area contributed by atoms with Gasteiger partial charge in [0.05, 0.1) is 19.7 Å². The van der Waals surface area contributed by atoms with Gasteiger partial charge in [0, 0.05) is 32.0 Å². The Labute approximate surface area is 250 Å². The summed E-state index contributed by atoms with van der Waals surface area (Å²) in [7, 11) is 6.98. The molecule has 0 spiro atoms. The largest absolute Gasteiger partial charge is 0.493 e. The molecule has 0 aliphatic carbocycles. The lowest BCUT2D eigenvalue weighted by Gasteiger charge is -2.32. The SMILES string of the molecule is COc1ccc([C@H](C(=O)Nc2ccc(N(C)C)cc2)N(Cc2ccccc2)C(=O)Cn2nnc3ccccc32)cc1OC. The lowest BCUT2D eigenvalue weighted by molar-refractivity contribution is -0.140. The molecule has 1 aromatic heterocycles. The van der Waals surface area contributed by atoms with Crippen LogP contribution in [-0.2, 0) is 22.7 Å². The van der Waals surface area contributed by atoms with Crippen LogP contribution in [0.5, 0.6) is 11.5 Å². The average molecular weight is 579 g/mol. The second-order valence-corrected chi connectivity index (χ2v) is 10.2. The van der Waals surface area contributed by atoms with Gasteiger partial charge in [0.15, 0.2) is 11.5 Å². The van der Waals surface area contributed by atoms with Crippen LogP contribution >= 0.6 is 0 Å². The molecule has 2 amide bonds. The number of hydrogen-bond donors (Lipinski definition) is 1. The molecule has 220 valence electrons. The molecule has 0 aliphatic rings. The van der Waals surface area contributed by atoms with Gasteiger partial charge in [-0.2, -0.15) is 0 Å². The highest BCUT2D eigenvalue weighted by molar-refractivity contribution is 5.98. The zero-order valence-electron chi connectivity index (χ0n) is 24.6. The van der Waals surface area contributed by atoms with Gasteiger partial charge in [-0.25, -0.2) is 4.68 Å². The molecule has 0 aliphatic heterocycles. The Morgan fingerprint density at radius 1 is 0.860 bits per heavy atom. The van der Waals surface area contributed by atoms with Crippen LogP contribution in [0.2, 0.25) is 0 Å². The van der Waals surface area contributed by atoms with E-state index in [-0.39, 0.29) is 24.9 Å². The van der Waals surface area contributed by atoms with Crippen LogP contribution in [-0.4, -0.2) is 60.0 Å². The maximum absolute atomic E-state index is 14.2. The lowest BCUT2D eigenvalue weighted by Crippen LogP contribution is -2.42. The van der Waals surface area contributed by atoms with Crippen molar-refractivity contribution in [2.24, 2.45) is 0 Å². The molecule has 0 saturated carbocycles. The predicted molar refractivity (Wildman–Crippen MR) is 166 cm³/mol. The van der Waals surface area contributed by atoms with Crippen molar-refractivity contribution in [3.05, 3.63) is 108 Å². The maximum atomic E-state index is 14.2. The second kappa shape index (κ2) is 13.1. The normalized spacial score (nSPS) is 11.5. The summed E-state index contributed by atoms with van der Waals surface area (Å²) >= 11 is 0. The first kappa shape index (κ1) is 29.1. The van der Waals surface area contributed by atoms with Crippen molar-refractivity contribution in [3.8, 4) is 11.5 Å². The minimum Gasteiger partial charge on any atom is -0.493 e. The summed E-state index contributed by atoms with van der Waals surface area (Å²) in [5.41, 5.74) is 4.44. The molecule has 0 unspecified atom stereocenters. The topological polar surface area (TPSA) is 102 Å². The molecule has 5 rings (SSSR count). The second-order valence-electron chi connectivity index (χ2n) is 10.2. The van der Waals surface area contributed by atoms with Gasteiger partial charge in [-0.3, -0.25) is 9.59 Å². The number of rotatable bonds is 11. The highest BCUT2D eigenvalue weighted by Crippen LogP contribution is 2.34. The maximum Gasteiger partial charge on any atom is 0.251 e. The fourth-order valence-electron chi connectivity index (χ4n) is 4.91. The summed E-state index contributed by atoms with van der Waals surface area (Å²) < 4.78 is 12.6. The van der Waals surface area contributed by atoms with Crippen molar-refractivity contribution in [2.45, 2.75) is 19.1 Å². The number of hydrogen-bond acceptors (Lipinski definition) is 7. The molecule has 0 bridgehead atoms. The van der Waals surface area contributed by atoms with Gasteiger partial charge < -0.3 is 24.6 Å². The van der Waals surface area contributed by atoms with Crippen molar-refractivity contribution >= 4 is 34.2 Å². The summed E-state index contributed by atoms with van der Waals surface area (Å²) in [5.74, 6) is 0.275. The Morgan fingerprint density at radius 2 is 1.56 bits per heavy atom. The van der Waals surface area contributed by atoms with E-state index in [1.807, 2.05) is 97.9 Å². The predicted octanol–water partition coefficient (Wildman–Crippen LogP) is 4.92. The number of carbonyl (C=O) groups excluding carboxylic acids is 2. The smallest absolute Gasteiger partial charge is 0.251 e. The third-order valence-corrected chi connectivity index (χ3v) is 7.16. The molecule has 43 heavy (non-hydrogen) atoms. The van der Waals surface area contributed by atoms with Gasteiger partial charge >= 0.3 is 0 Å². The highest BCUT2D eigenvalue weighted by Gasteiger charge is 2.33. The molecule has 0 radical (unpaired) electrons. The molecule has 0 fully saturated rings. The van der Waals surface area contributed by atoms with E-state index in [1.165, 1.54) is 7.11 Å². The minimum absolute atomic E-state index is 0.109. The quantitative estimate of drug-likeness (QED) is 0.237. The van der Waals surface area contributed by atoms with E-state index in [2.05, 4.69) is 15.6 Å². The van der Waals surface area contributed by atoms with E-state index in [4.69, 9.17) is 9.47 Å². The van der Waals surface area contributed by atoms with Crippen LogP contribution in [0.1, 0.15) is 17.2 Å². The molecule has 10 nitrogen and oxygen atoms in total. The van der Waals surface area contributed by atoms with Crippen LogP contribution in [0.4, 0.5) is 11.4 Å². The number of nitrogens with one attached hydrogen (secondary N) is 1. The Bertz CT molecular complexity index is 1700. The Balaban J connectivity index is 1.57. The van der Waals surface area contributed by atoms with E-state index in [0.29, 0.717) is 28.3 Å². The number of aromatic nitrogens is 3. The van der Waals surface area contributed by atoms with Gasteiger partial charge in [-0.1, -0.05) is 53.7 Å². The Hall–Kier alpha value is -5.38. The number of benzene rings is 4. The van der Waals surface area contributed by atoms with Gasteiger partial charge in [-0.15, -0.1) is 5.10 Å². The van der Waals surface area contributed by atoms with Gasteiger partial charge in [0.25, 0.3) is 5.91 Å². The Kier molecular flexibility index (Phi) is 8.85. The zero-order chi connectivity index (χ0) is 30.3. The van der Waals surface area contributed by atoms with E-state index in [0.717, 1.165) is 16.8 Å². The summed E-state index contributed by atoms with van der Waals surface area (Å²) in [6.45, 7) is 0.0697. The van der Waals surface area contributed by atoms with Gasteiger partial charge in [0.1, 0.15) is 18.1 Å². The fraction of sp³-hybridized carbons (Fsp3) is 0.212. The van der Waals surface area contributed by atoms with Crippen LogP contribution in [0, 0.1) is 0 Å². The summed E-state index contributed by atoms with van der Waals surface area (Å²) in [6.07, 6.45) is 0. The summed E-state index contributed by atoms with van der Waals surface area (Å²) in [4.78, 5) is 32.0. The van der Waals surface area contributed by atoms with Crippen LogP contribution in [0.25, 0.3) is 11.0 Å². The van der Waals surface area contributed by atoms with Gasteiger partial charge in [-0.05, 0) is 59.7 Å². The molecule has 1 atom stereocenters. The van der Waals surface area contributed by atoms with Crippen molar-refractivity contribution in [3.63, 3.8) is 0 Å². The number of ether oxygens (including phenoxy) is 2. The van der Waals surface area contributed by atoms with E-state index in [1.54, 1.807) is 34.9 Å². The van der Waals surface area contributed by atoms with E-state index in [9.17, 15) is 9.59 Å². The zero-order valence-corrected chi connectivity index (χ0v) is 24.6. The molecule has 1 heterocycles. The molecule has 1 N–H and O–H groups in total. The number of methoxy groups -OCH3 is 2. The van der Waals surface area contributed by atoms with Crippen LogP contribution in [0.15, 0.2) is 97.1 Å². The molecule has 0 saturated heterocycles. The minimum atomic E-state index is -1.02. The third-order valence-electron chi connectivity index (χ3n) is 7.16. The van der Waals surface area contributed by atoms with Crippen LogP contribution in [0.3, 0.4) is 0 Å². The highest BCUT2D eigenvalue weighted by atomic mass is 16.5. The number of carbonyl (C=O) groups is 2. The third kappa shape index (κ3) is 6.59. The number of nitrogens with zero attached hydrogens (tertiary/aromatic N) is 5. The molecule has 4 aromatic carbocycles. The first-order valence-corrected chi connectivity index (χ1v) is 13.8. The van der Waals surface area contributed by atoms with Crippen molar-refractivity contribution < 1.29 is 19.1 Å². The van der Waals surface area contributed by atoms with Crippen molar-refractivity contribution in [2.75, 3.05) is 38.5 Å². The van der Waals surface area contributed by atoms with E-state index < -0.39 is 6.04 Å².